The van der Waals surface area contributed by atoms with Crippen molar-refractivity contribution in [2.45, 2.75) is 24.7 Å². The van der Waals surface area contributed by atoms with Crippen LogP contribution in [0.15, 0.2) is 29.2 Å². The molecule has 1 saturated heterocycles. The zero-order valence-electron chi connectivity index (χ0n) is 14.1. The Hall–Kier alpha value is -1.55. The molecule has 1 amide bonds. The van der Waals surface area contributed by atoms with Crippen LogP contribution in [-0.4, -0.2) is 47.9 Å². The number of likely N-dealkylation sites (tertiary alicyclic amines) is 1. The summed E-state index contributed by atoms with van der Waals surface area (Å²) < 4.78 is 0. The Morgan fingerprint density at radius 2 is 2.17 bits per heavy atom. The predicted molar refractivity (Wildman–Crippen MR) is 96.8 cm³/mol. The van der Waals surface area contributed by atoms with Crippen molar-refractivity contribution in [3.63, 3.8) is 0 Å². The molecule has 1 heterocycles. The van der Waals surface area contributed by atoms with Gasteiger partial charge in [-0.1, -0.05) is 12.1 Å². The molecule has 1 aliphatic heterocycles. The van der Waals surface area contributed by atoms with Gasteiger partial charge in [-0.15, -0.1) is 11.8 Å². The van der Waals surface area contributed by atoms with E-state index in [1.807, 2.05) is 31.2 Å². The Bertz CT molecular complexity index is 580. The minimum Gasteiger partial charge on any atom is -0.396 e. The Balaban J connectivity index is 1.86. The first kappa shape index (κ1) is 18.8. The maximum absolute atomic E-state index is 12.3. The van der Waals surface area contributed by atoms with Gasteiger partial charge in [-0.05, 0) is 50.9 Å². The van der Waals surface area contributed by atoms with Crippen molar-refractivity contribution >= 4 is 23.4 Å². The molecule has 1 aliphatic rings. The summed E-state index contributed by atoms with van der Waals surface area (Å²) in [4.78, 5) is 15.4. The highest BCUT2D eigenvalue weighted by Crippen LogP contribution is 2.28. The third-order valence-electron chi connectivity index (χ3n) is 4.20. The summed E-state index contributed by atoms with van der Waals surface area (Å²) >= 11 is 1.59. The lowest BCUT2D eigenvalue weighted by Crippen LogP contribution is -2.39. The number of amides is 1. The minimum absolute atomic E-state index is 0.0150. The molecule has 0 radical (unpaired) electrons. The molecule has 2 N–H and O–H groups in total. The fourth-order valence-electron chi connectivity index (χ4n) is 2.67. The Morgan fingerprint density at radius 1 is 1.46 bits per heavy atom. The lowest BCUT2D eigenvalue weighted by Gasteiger charge is -2.30. The maximum atomic E-state index is 12.3. The first-order chi connectivity index (χ1) is 11.6. The molecule has 1 atom stereocenters. The number of thioether (sulfide) groups is 1. The molecule has 0 aromatic heterocycles. The van der Waals surface area contributed by atoms with E-state index in [-0.39, 0.29) is 18.4 Å². The lowest BCUT2D eigenvalue weighted by molar-refractivity contribution is -0.117. The number of nitrogens with one attached hydrogen (secondary N) is 1. The second-order valence-electron chi connectivity index (χ2n) is 6.29. The average molecular weight is 347 g/mol. The van der Waals surface area contributed by atoms with Crippen molar-refractivity contribution in [2.75, 3.05) is 37.3 Å². The molecule has 0 unspecified atom stereocenters. The SMILES string of the molecule is C[C@H](C#N)CSc1ccccc1NC(=O)CN1CCC(CO)CC1. The molecule has 0 aliphatic carbocycles. The topological polar surface area (TPSA) is 76.4 Å². The van der Waals surface area contributed by atoms with Gasteiger partial charge in [-0.2, -0.15) is 5.26 Å². The summed E-state index contributed by atoms with van der Waals surface area (Å²) in [6.07, 6.45) is 1.89. The van der Waals surface area contributed by atoms with Crippen LogP contribution < -0.4 is 5.32 Å². The summed E-state index contributed by atoms with van der Waals surface area (Å²) in [5.74, 6) is 1.05. The van der Waals surface area contributed by atoms with E-state index in [0.717, 1.165) is 36.5 Å². The van der Waals surface area contributed by atoms with Gasteiger partial charge in [0.15, 0.2) is 0 Å². The van der Waals surface area contributed by atoms with E-state index in [1.165, 1.54) is 0 Å². The molecule has 2 rings (SSSR count). The number of anilines is 1. The normalized spacial score (nSPS) is 17.2. The van der Waals surface area contributed by atoms with Crippen LogP contribution >= 0.6 is 11.8 Å². The first-order valence-corrected chi connectivity index (χ1v) is 9.35. The average Bonchev–Trinajstić information content (AvgIpc) is 2.61. The number of aliphatic hydroxyl groups excluding tert-OH is 1. The monoisotopic (exact) mass is 347 g/mol. The van der Waals surface area contributed by atoms with Crippen molar-refractivity contribution in [1.29, 1.82) is 5.26 Å². The largest absolute Gasteiger partial charge is 0.396 e. The Morgan fingerprint density at radius 3 is 2.83 bits per heavy atom. The van der Waals surface area contributed by atoms with Gasteiger partial charge in [0.05, 0.1) is 24.2 Å². The van der Waals surface area contributed by atoms with Gasteiger partial charge in [0.25, 0.3) is 0 Å². The number of carbonyl (C=O) groups excluding carboxylic acids is 1. The van der Waals surface area contributed by atoms with Gasteiger partial charge >= 0.3 is 0 Å². The van der Waals surface area contributed by atoms with E-state index < -0.39 is 0 Å². The standard InChI is InChI=1S/C18H25N3O2S/c1-14(10-19)13-24-17-5-3-2-4-16(17)20-18(23)11-21-8-6-15(12-22)7-9-21/h2-5,14-15,22H,6-9,11-13H2,1H3,(H,20,23)/t14-/m1/s1. The lowest BCUT2D eigenvalue weighted by atomic mass is 9.98. The van der Waals surface area contributed by atoms with Gasteiger partial charge in [0, 0.05) is 17.3 Å². The number of aliphatic hydroxyl groups is 1. The highest BCUT2D eigenvalue weighted by atomic mass is 32.2. The summed E-state index contributed by atoms with van der Waals surface area (Å²) in [5, 5.41) is 21.1. The molecule has 1 fully saturated rings. The number of nitriles is 1. The van der Waals surface area contributed by atoms with E-state index in [4.69, 9.17) is 5.26 Å². The zero-order valence-corrected chi connectivity index (χ0v) is 14.9. The number of rotatable bonds is 7. The second-order valence-corrected chi connectivity index (χ2v) is 7.35. The Kier molecular flexibility index (Phi) is 7.57. The van der Waals surface area contributed by atoms with Crippen LogP contribution in [0, 0.1) is 23.2 Å². The summed E-state index contributed by atoms with van der Waals surface area (Å²) in [7, 11) is 0. The number of piperidine rings is 1. The van der Waals surface area contributed by atoms with E-state index in [0.29, 0.717) is 18.2 Å². The van der Waals surface area contributed by atoms with Crippen LogP contribution in [0.1, 0.15) is 19.8 Å². The molecule has 6 heteroatoms. The van der Waals surface area contributed by atoms with E-state index >= 15 is 0 Å². The van der Waals surface area contributed by atoms with Crippen LogP contribution in [0.4, 0.5) is 5.69 Å². The van der Waals surface area contributed by atoms with Crippen LogP contribution in [0.3, 0.4) is 0 Å². The molecule has 24 heavy (non-hydrogen) atoms. The highest BCUT2D eigenvalue weighted by Gasteiger charge is 2.20. The highest BCUT2D eigenvalue weighted by molar-refractivity contribution is 7.99. The summed E-state index contributed by atoms with van der Waals surface area (Å²) in [6.45, 7) is 4.23. The van der Waals surface area contributed by atoms with Gasteiger partial charge in [0.1, 0.15) is 0 Å². The molecule has 1 aromatic rings. The van der Waals surface area contributed by atoms with Crippen LogP contribution in [0.25, 0.3) is 0 Å². The fourth-order valence-corrected chi connectivity index (χ4v) is 3.62. The van der Waals surface area contributed by atoms with Gasteiger partial charge in [-0.25, -0.2) is 0 Å². The van der Waals surface area contributed by atoms with Crippen molar-refractivity contribution < 1.29 is 9.90 Å². The number of nitrogens with zero attached hydrogens (tertiary/aromatic N) is 2. The first-order valence-electron chi connectivity index (χ1n) is 8.37. The van der Waals surface area contributed by atoms with E-state index in [9.17, 15) is 9.90 Å². The smallest absolute Gasteiger partial charge is 0.238 e. The molecule has 5 nitrogen and oxygen atoms in total. The third-order valence-corrected chi connectivity index (χ3v) is 5.54. The number of carbonyl (C=O) groups is 1. The number of hydrogen-bond acceptors (Lipinski definition) is 5. The van der Waals surface area contributed by atoms with Crippen molar-refractivity contribution in [3.05, 3.63) is 24.3 Å². The maximum Gasteiger partial charge on any atom is 0.238 e. The van der Waals surface area contributed by atoms with Crippen LogP contribution in [0.5, 0.6) is 0 Å². The molecule has 130 valence electrons. The quantitative estimate of drug-likeness (QED) is 0.742. The fraction of sp³-hybridized carbons (Fsp3) is 0.556. The summed E-state index contributed by atoms with van der Waals surface area (Å²) in [5.41, 5.74) is 0.808. The Labute approximate surface area is 148 Å². The number of benzene rings is 1. The van der Waals surface area contributed by atoms with Gasteiger partial charge in [0.2, 0.25) is 5.91 Å². The second kappa shape index (κ2) is 9.67. The molecule has 1 aromatic carbocycles. The number of hydrogen-bond donors (Lipinski definition) is 2. The van der Waals surface area contributed by atoms with Crippen LogP contribution in [-0.2, 0) is 4.79 Å². The predicted octanol–water partition coefficient (Wildman–Crippen LogP) is 2.58. The molecule has 0 saturated carbocycles. The molecule has 0 bridgehead atoms. The van der Waals surface area contributed by atoms with Crippen LogP contribution in [0.2, 0.25) is 0 Å². The molecule has 0 spiro atoms. The molecular formula is C18H25N3O2S. The van der Waals surface area contributed by atoms with Crippen molar-refractivity contribution in [1.82, 2.24) is 4.90 Å². The van der Waals surface area contributed by atoms with Gasteiger partial charge in [-0.3, -0.25) is 9.69 Å². The van der Waals surface area contributed by atoms with E-state index in [1.54, 1.807) is 11.8 Å². The zero-order chi connectivity index (χ0) is 17.4. The molecular weight excluding hydrogens is 322 g/mol. The van der Waals surface area contributed by atoms with Crippen molar-refractivity contribution in [2.24, 2.45) is 11.8 Å². The minimum atomic E-state index is -0.0217. The van der Waals surface area contributed by atoms with Gasteiger partial charge < -0.3 is 10.4 Å². The third kappa shape index (κ3) is 5.82. The summed E-state index contributed by atoms with van der Waals surface area (Å²) in [6, 6.07) is 9.93. The van der Waals surface area contributed by atoms with Crippen molar-refractivity contribution in [3.8, 4) is 6.07 Å². The number of para-hydroxylation sites is 1. The van der Waals surface area contributed by atoms with E-state index in [2.05, 4.69) is 16.3 Å².